The highest BCUT2D eigenvalue weighted by molar-refractivity contribution is 7.92. The number of hydrogen-bond donors (Lipinski definition) is 1. The summed E-state index contributed by atoms with van der Waals surface area (Å²) in [6, 6.07) is 5.29. The Bertz CT molecular complexity index is 830. The highest BCUT2D eigenvalue weighted by Crippen LogP contribution is 2.32. The molecule has 0 saturated carbocycles. The van der Waals surface area contributed by atoms with E-state index in [1.165, 1.54) is 0 Å². The van der Waals surface area contributed by atoms with Gasteiger partial charge >= 0.3 is 0 Å². The molecule has 1 aliphatic carbocycles. The zero-order valence-electron chi connectivity index (χ0n) is 14.8. The number of hydrogen-bond acceptors (Lipinski definition) is 5. The van der Waals surface area contributed by atoms with Gasteiger partial charge in [-0.25, -0.2) is 8.42 Å². The predicted molar refractivity (Wildman–Crippen MR) is 100 cm³/mol. The van der Waals surface area contributed by atoms with Gasteiger partial charge in [-0.3, -0.25) is 4.90 Å². The average molecular weight is 375 g/mol. The Morgan fingerprint density at radius 1 is 1.23 bits per heavy atom. The summed E-state index contributed by atoms with van der Waals surface area (Å²) >= 11 is 0. The normalized spacial score (nSPS) is 28.7. The zero-order chi connectivity index (χ0) is 18.1. The number of aliphatic hydroxyl groups excluding tert-OH is 1. The number of fused-ring (bicyclic) bond motifs is 1. The van der Waals surface area contributed by atoms with Crippen LogP contribution in [0.4, 0.5) is 0 Å². The molecule has 1 aromatic carbocycles. The molecule has 1 unspecified atom stereocenters. The van der Waals surface area contributed by atoms with Crippen LogP contribution in [-0.4, -0.2) is 55.5 Å². The molecule has 0 amide bonds. The van der Waals surface area contributed by atoms with Crippen molar-refractivity contribution in [1.82, 2.24) is 4.90 Å². The molecule has 0 radical (unpaired) electrons. The fourth-order valence-corrected chi connectivity index (χ4v) is 5.48. The summed E-state index contributed by atoms with van der Waals surface area (Å²) in [5.74, 6) is 0.692. The summed E-state index contributed by atoms with van der Waals surface area (Å²) in [4.78, 5) is 2.55. The van der Waals surface area contributed by atoms with Crippen molar-refractivity contribution >= 4 is 9.84 Å². The van der Waals surface area contributed by atoms with E-state index in [2.05, 4.69) is 4.90 Å². The molecule has 6 heteroatoms. The van der Waals surface area contributed by atoms with Gasteiger partial charge in [0.2, 0.25) is 0 Å². The highest BCUT2D eigenvalue weighted by Gasteiger charge is 2.29. The van der Waals surface area contributed by atoms with Gasteiger partial charge in [-0.15, -0.1) is 0 Å². The van der Waals surface area contributed by atoms with Gasteiger partial charge in [-0.05, 0) is 43.4 Å². The lowest BCUT2D eigenvalue weighted by atomic mass is 10.0. The molecule has 1 aromatic rings. The van der Waals surface area contributed by atoms with Crippen molar-refractivity contribution in [3.63, 3.8) is 0 Å². The van der Waals surface area contributed by atoms with Crippen LogP contribution in [0.25, 0.3) is 0 Å². The number of rotatable bonds is 4. The molecule has 1 saturated heterocycles. The minimum Gasteiger partial charge on any atom is -0.489 e. The van der Waals surface area contributed by atoms with Crippen LogP contribution < -0.4 is 4.74 Å². The van der Waals surface area contributed by atoms with E-state index in [9.17, 15) is 13.5 Å². The molecular weight excluding hydrogens is 350 g/mol. The number of benzene rings is 1. The Hall–Kier alpha value is -1.63. The number of aliphatic hydroxyl groups is 1. The second-order valence-electron chi connectivity index (χ2n) is 7.38. The molecule has 2 aliphatic heterocycles. The molecule has 0 spiro atoms. The van der Waals surface area contributed by atoms with E-state index in [-0.39, 0.29) is 12.2 Å². The van der Waals surface area contributed by atoms with Crippen molar-refractivity contribution < 1.29 is 18.3 Å². The second kappa shape index (κ2) is 7.18. The maximum Gasteiger partial charge on any atom is 0.185 e. The molecule has 4 rings (SSSR count). The van der Waals surface area contributed by atoms with Crippen molar-refractivity contribution in [2.45, 2.75) is 48.0 Å². The summed E-state index contributed by atoms with van der Waals surface area (Å²) in [5, 5.41) is 9.17. The van der Waals surface area contributed by atoms with Crippen LogP contribution in [0.1, 0.15) is 24.8 Å². The number of nitrogens with zero attached hydrogens (tertiary/aromatic N) is 1. The lowest BCUT2D eigenvalue weighted by Crippen LogP contribution is -2.36. The second-order valence-corrected chi connectivity index (χ2v) is 9.55. The van der Waals surface area contributed by atoms with Crippen LogP contribution >= 0.6 is 0 Å². The van der Waals surface area contributed by atoms with Gasteiger partial charge in [0, 0.05) is 19.6 Å². The summed E-state index contributed by atoms with van der Waals surface area (Å²) in [6.45, 7) is 2.37. The average Bonchev–Trinajstić information content (AvgIpc) is 3.06. The Kier molecular flexibility index (Phi) is 4.90. The van der Waals surface area contributed by atoms with E-state index in [1.54, 1.807) is 24.3 Å². The predicted octanol–water partition coefficient (Wildman–Crippen LogP) is 2.11. The largest absolute Gasteiger partial charge is 0.489 e. The smallest absolute Gasteiger partial charge is 0.185 e. The number of β-amino-alcohol motifs (C(OH)–C–C–N with tert-alkyl or cyclic N) is 1. The molecule has 5 nitrogen and oxygen atoms in total. The molecule has 1 N–H and O–H groups in total. The molecule has 3 aliphatic rings. The van der Waals surface area contributed by atoms with Gasteiger partial charge in [0.1, 0.15) is 11.9 Å². The summed E-state index contributed by atoms with van der Waals surface area (Å²) in [7, 11) is -3.40. The third kappa shape index (κ3) is 3.59. The first kappa shape index (κ1) is 17.8. The number of ether oxygens (including phenoxy) is 1. The van der Waals surface area contributed by atoms with Crippen LogP contribution in [0.2, 0.25) is 0 Å². The lowest BCUT2D eigenvalue weighted by molar-refractivity contribution is 0.114. The first-order valence-corrected chi connectivity index (χ1v) is 10.8. The van der Waals surface area contributed by atoms with E-state index >= 15 is 0 Å². The van der Waals surface area contributed by atoms with Crippen molar-refractivity contribution in [3.8, 4) is 5.75 Å². The standard InChI is InChI=1S/C20H25NO4S/c22-16-10-11-21(13-16)14-17-8-6-15-7-9-19(12-20(15)25-17)26(23,24)18-4-2-1-3-5-18/h1-4,7,9,12,16-18,22H,5-6,8,10-11,13-14H2/t16-,17-,18?/m1/s1. The molecule has 140 valence electrons. The SMILES string of the molecule is O=S(=O)(c1ccc2c(c1)O[C@@H](CN1CC[C@@H](O)C1)CC2)C1C=CC=CC1. The van der Waals surface area contributed by atoms with E-state index in [4.69, 9.17) is 4.74 Å². The lowest BCUT2D eigenvalue weighted by Gasteiger charge is -2.29. The number of allylic oxidation sites excluding steroid dienone is 3. The van der Waals surface area contributed by atoms with E-state index in [1.807, 2.05) is 18.2 Å². The Labute approximate surface area is 154 Å². The van der Waals surface area contributed by atoms with Gasteiger partial charge in [-0.1, -0.05) is 30.4 Å². The van der Waals surface area contributed by atoms with Crippen LogP contribution in [0.15, 0.2) is 47.4 Å². The first-order valence-electron chi connectivity index (χ1n) is 9.29. The molecule has 2 heterocycles. The molecule has 0 bridgehead atoms. The van der Waals surface area contributed by atoms with Crippen molar-refractivity contribution in [2.24, 2.45) is 0 Å². The number of sulfone groups is 1. The van der Waals surface area contributed by atoms with E-state index < -0.39 is 15.1 Å². The fraction of sp³-hybridized carbons (Fsp3) is 0.500. The van der Waals surface area contributed by atoms with Crippen LogP contribution in [0, 0.1) is 0 Å². The Morgan fingerprint density at radius 2 is 2.12 bits per heavy atom. The van der Waals surface area contributed by atoms with Crippen molar-refractivity contribution in [3.05, 3.63) is 48.1 Å². The maximum atomic E-state index is 12.9. The van der Waals surface area contributed by atoms with Gasteiger partial charge in [0.05, 0.1) is 16.2 Å². The maximum absolute atomic E-state index is 12.9. The monoisotopic (exact) mass is 375 g/mol. The van der Waals surface area contributed by atoms with Crippen LogP contribution in [-0.2, 0) is 16.3 Å². The van der Waals surface area contributed by atoms with Crippen LogP contribution in [0.3, 0.4) is 0 Å². The quantitative estimate of drug-likeness (QED) is 0.873. The summed E-state index contributed by atoms with van der Waals surface area (Å²) in [5.41, 5.74) is 1.07. The topological polar surface area (TPSA) is 66.8 Å². The van der Waals surface area contributed by atoms with Gasteiger partial charge in [0.15, 0.2) is 9.84 Å². The molecule has 26 heavy (non-hydrogen) atoms. The van der Waals surface area contributed by atoms with Crippen LogP contribution in [0.5, 0.6) is 5.75 Å². The Morgan fingerprint density at radius 3 is 2.85 bits per heavy atom. The van der Waals surface area contributed by atoms with Gasteiger partial charge in [0.25, 0.3) is 0 Å². The fourth-order valence-electron chi connectivity index (χ4n) is 3.94. The first-order chi connectivity index (χ1) is 12.5. The molecule has 3 atom stereocenters. The number of aryl methyl sites for hydroxylation is 1. The summed E-state index contributed by atoms with van der Waals surface area (Å²) < 4.78 is 31.9. The highest BCUT2D eigenvalue weighted by atomic mass is 32.2. The number of likely N-dealkylation sites (tertiary alicyclic amines) is 1. The minimum atomic E-state index is -3.40. The molecular formula is C20H25NO4S. The van der Waals surface area contributed by atoms with E-state index in [0.29, 0.717) is 23.6 Å². The molecule has 1 fully saturated rings. The minimum absolute atomic E-state index is 0.0447. The van der Waals surface area contributed by atoms with E-state index in [0.717, 1.165) is 37.9 Å². The third-order valence-electron chi connectivity index (χ3n) is 5.45. The van der Waals surface area contributed by atoms with Gasteiger partial charge < -0.3 is 9.84 Å². The third-order valence-corrected chi connectivity index (χ3v) is 7.50. The molecule has 0 aromatic heterocycles. The van der Waals surface area contributed by atoms with Crippen molar-refractivity contribution in [1.29, 1.82) is 0 Å². The summed E-state index contributed by atoms with van der Waals surface area (Å²) in [6.07, 6.45) is 10.2. The van der Waals surface area contributed by atoms with Gasteiger partial charge in [-0.2, -0.15) is 0 Å². The zero-order valence-corrected chi connectivity index (χ0v) is 15.6. The Balaban J connectivity index is 1.50. The van der Waals surface area contributed by atoms with Crippen molar-refractivity contribution in [2.75, 3.05) is 19.6 Å².